The average Bonchev–Trinajstić information content (AvgIpc) is 2.98. The van der Waals surface area contributed by atoms with Crippen molar-refractivity contribution in [3.05, 3.63) is 114 Å². The number of aryl methyl sites for hydroxylation is 1. The van der Waals surface area contributed by atoms with Crippen molar-refractivity contribution in [2.45, 2.75) is 26.2 Å². The van der Waals surface area contributed by atoms with Crippen LogP contribution in [0, 0.1) is 6.92 Å². The van der Waals surface area contributed by atoms with Crippen LogP contribution in [-0.4, -0.2) is 0 Å². The SMILES string of the molecule is Cc1cc(N(c2ccccc2)c2ccccc2)cc2c1-c1ccccc1C2(C)C. The number of hydrogen-bond acceptors (Lipinski definition) is 1. The van der Waals surface area contributed by atoms with Crippen LogP contribution in [0.1, 0.15) is 30.5 Å². The minimum atomic E-state index is -0.00819. The summed E-state index contributed by atoms with van der Waals surface area (Å²) in [6.45, 7) is 6.93. The van der Waals surface area contributed by atoms with Gasteiger partial charge in [0, 0.05) is 22.5 Å². The van der Waals surface area contributed by atoms with Gasteiger partial charge in [0.1, 0.15) is 0 Å². The minimum absolute atomic E-state index is 0.00819. The largest absolute Gasteiger partial charge is 0.310 e. The topological polar surface area (TPSA) is 3.24 Å². The quantitative estimate of drug-likeness (QED) is 0.353. The van der Waals surface area contributed by atoms with Gasteiger partial charge in [0.05, 0.1) is 0 Å². The second-order valence-corrected chi connectivity index (χ2v) is 8.36. The van der Waals surface area contributed by atoms with Crippen molar-refractivity contribution < 1.29 is 0 Å². The van der Waals surface area contributed by atoms with Crippen molar-refractivity contribution in [3.8, 4) is 11.1 Å². The number of fused-ring (bicyclic) bond motifs is 3. The fraction of sp³-hybridized carbons (Fsp3) is 0.143. The van der Waals surface area contributed by atoms with Gasteiger partial charge in [-0.25, -0.2) is 0 Å². The van der Waals surface area contributed by atoms with Crippen LogP contribution in [0.25, 0.3) is 11.1 Å². The first-order valence-electron chi connectivity index (χ1n) is 10.2. The van der Waals surface area contributed by atoms with Crippen LogP contribution in [-0.2, 0) is 5.41 Å². The number of hydrogen-bond donors (Lipinski definition) is 0. The number of para-hydroxylation sites is 2. The van der Waals surface area contributed by atoms with Crippen LogP contribution < -0.4 is 4.90 Å². The second kappa shape index (κ2) is 6.63. The molecule has 0 N–H and O–H groups in total. The third-order valence-corrected chi connectivity index (χ3v) is 6.15. The standard InChI is InChI=1S/C28H25N/c1-20-18-23(19-26-27(20)24-16-10-11-17-25(24)28(26,2)3)29(21-12-6-4-7-13-21)22-14-8-5-9-15-22/h4-19H,1-3H3. The molecule has 0 amide bonds. The predicted molar refractivity (Wildman–Crippen MR) is 123 cm³/mol. The molecule has 0 bridgehead atoms. The Morgan fingerprint density at radius 1 is 0.586 bits per heavy atom. The zero-order valence-corrected chi connectivity index (χ0v) is 17.2. The highest BCUT2D eigenvalue weighted by molar-refractivity contribution is 5.87. The van der Waals surface area contributed by atoms with Gasteiger partial charge in [-0.3, -0.25) is 0 Å². The molecule has 0 aliphatic heterocycles. The fourth-order valence-corrected chi connectivity index (χ4v) is 4.74. The molecule has 142 valence electrons. The van der Waals surface area contributed by atoms with Gasteiger partial charge < -0.3 is 4.90 Å². The predicted octanol–water partition coefficient (Wildman–Crippen LogP) is 7.77. The first kappa shape index (κ1) is 17.8. The van der Waals surface area contributed by atoms with E-state index in [4.69, 9.17) is 0 Å². The lowest BCUT2D eigenvalue weighted by atomic mass is 9.82. The highest BCUT2D eigenvalue weighted by Crippen LogP contribution is 2.51. The van der Waals surface area contributed by atoms with Crippen molar-refractivity contribution in [1.29, 1.82) is 0 Å². The van der Waals surface area contributed by atoms with Gasteiger partial charge in [-0.05, 0) is 71.1 Å². The van der Waals surface area contributed by atoms with Crippen molar-refractivity contribution in [1.82, 2.24) is 0 Å². The van der Waals surface area contributed by atoms with E-state index in [-0.39, 0.29) is 5.41 Å². The molecule has 1 heteroatoms. The van der Waals surface area contributed by atoms with E-state index < -0.39 is 0 Å². The molecule has 29 heavy (non-hydrogen) atoms. The maximum atomic E-state index is 2.39. The van der Waals surface area contributed by atoms with Crippen molar-refractivity contribution in [2.75, 3.05) is 4.90 Å². The molecular formula is C28H25N. The highest BCUT2D eigenvalue weighted by atomic mass is 15.1. The molecule has 4 aromatic rings. The third-order valence-electron chi connectivity index (χ3n) is 6.15. The van der Waals surface area contributed by atoms with Crippen LogP contribution >= 0.6 is 0 Å². The van der Waals surface area contributed by atoms with Gasteiger partial charge in [-0.2, -0.15) is 0 Å². The minimum Gasteiger partial charge on any atom is -0.310 e. The zero-order valence-electron chi connectivity index (χ0n) is 17.2. The summed E-state index contributed by atoms with van der Waals surface area (Å²) in [5, 5.41) is 0. The van der Waals surface area contributed by atoms with Gasteiger partial charge in [-0.15, -0.1) is 0 Å². The summed E-state index contributed by atoms with van der Waals surface area (Å²) in [4.78, 5) is 2.35. The summed E-state index contributed by atoms with van der Waals surface area (Å²) in [5.41, 5.74) is 10.5. The molecule has 0 saturated heterocycles. The average molecular weight is 376 g/mol. The van der Waals surface area contributed by atoms with Crippen molar-refractivity contribution in [2.24, 2.45) is 0 Å². The van der Waals surface area contributed by atoms with Crippen LogP contribution in [0.15, 0.2) is 97.1 Å². The molecule has 0 atom stereocenters. The molecule has 4 aromatic carbocycles. The number of rotatable bonds is 3. The van der Waals surface area contributed by atoms with Crippen molar-refractivity contribution in [3.63, 3.8) is 0 Å². The molecule has 0 radical (unpaired) electrons. The highest BCUT2D eigenvalue weighted by Gasteiger charge is 2.36. The molecule has 0 heterocycles. The number of anilines is 3. The summed E-state index contributed by atoms with van der Waals surface area (Å²) < 4.78 is 0. The van der Waals surface area contributed by atoms with Gasteiger partial charge in [-0.1, -0.05) is 74.5 Å². The normalized spacial score (nSPS) is 13.6. The molecule has 1 nitrogen and oxygen atoms in total. The van der Waals surface area contributed by atoms with Crippen LogP contribution in [0.5, 0.6) is 0 Å². The zero-order chi connectivity index (χ0) is 20.0. The molecule has 0 saturated carbocycles. The smallest absolute Gasteiger partial charge is 0.0467 e. The van der Waals surface area contributed by atoms with E-state index in [2.05, 4.69) is 123 Å². The van der Waals surface area contributed by atoms with Crippen LogP contribution in [0.4, 0.5) is 17.1 Å². The van der Waals surface area contributed by atoms with Crippen molar-refractivity contribution >= 4 is 17.1 Å². The molecule has 0 unspecified atom stereocenters. The Bertz CT molecular complexity index is 1130. The second-order valence-electron chi connectivity index (χ2n) is 8.36. The van der Waals surface area contributed by atoms with E-state index in [9.17, 15) is 0 Å². The first-order chi connectivity index (χ1) is 14.1. The summed E-state index contributed by atoms with van der Waals surface area (Å²) in [5.74, 6) is 0. The van der Waals surface area contributed by atoms with E-state index in [1.165, 1.54) is 44.9 Å². The van der Waals surface area contributed by atoms with Gasteiger partial charge in [0.15, 0.2) is 0 Å². The van der Waals surface area contributed by atoms with E-state index in [1.807, 2.05) is 0 Å². The Morgan fingerprint density at radius 2 is 1.14 bits per heavy atom. The summed E-state index contributed by atoms with van der Waals surface area (Å²) in [6, 6.07) is 34.8. The molecule has 0 aromatic heterocycles. The number of benzene rings is 4. The molecular weight excluding hydrogens is 350 g/mol. The summed E-state index contributed by atoms with van der Waals surface area (Å²) in [7, 11) is 0. The third kappa shape index (κ3) is 2.77. The summed E-state index contributed by atoms with van der Waals surface area (Å²) in [6.07, 6.45) is 0. The molecule has 0 spiro atoms. The lowest BCUT2D eigenvalue weighted by Crippen LogP contribution is -2.17. The lowest BCUT2D eigenvalue weighted by molar-refractivity contribution is 0.660. The van der Waals surface area contributed by atoms with E-state index in [1.54, 1.807) is 0 Å². The monoisotopic (exact) mass is 375 g/mol. The van der Waals surface area contributed by atoms with Gasteiger partial charge >= 0.3 is 0 Å². The Labute approximate surface area is 173 Å². The van der Waals surface area contributed by atoms with Gasteiger partial charge in [0.25, 0.3) is 0 Å². The Balaban J connectivity index is 1.75. The van der Waals surface area contributed by atoms with Crippen LogP contribution in [0.2, 0.25) is 0 Å². The molecule has 5 rings (SSSR count). The number of nitrogens with zero attached hydrogens (tertiary/aromatic N) is 1. The molecule has 0 fully saturated rings. The first-order valence-corrected chi connectivity index (χ1v) is 10.2. The van der Waals surface area contributed by atoms with E-state index >= 15 is 0 Å². The van der Waals surface area contributed by atoms with Crippen LogP contribution in [0.3, 0.4) is 0 Å². The maximum absolute atomic E-state index is 2.39. The Morgan fingerprint density at radius 3 is 1.76 bits per heavy atom. The lowest BCUT2D eigenvalue weighted by Gasteiger charge is -2.28. The Hall–Kier alpha value is -3.32. The van der Waals surface area contributed by atoms with E-state index in [0.29, 0.717) is 0 Å². The molecule has 1 aliphatic rings. The van der Waals surface area contributed by atoms with Gasteiger partial charge in [0.2, 0.25) is 0 Å². The Kier molecular flexibility index (Phi) is 4.06. The van der Waals surface area contributed by atoms with E-state index in [0.717, 1.165) is 0 Å². The fourth-order valence-electron chi connectivity index (χ4n) is 4.74. The summed E-state index contributed by atoms with van der Waals surface area (Å²) >= 11 is 0. The molecule has 1 aliphatic carbocycles. The maximum Gasteiger partial charge on any atom is 0.0467 e.